The maximum absolute atomic E-state index is 12.7. The van der Waals surface area contributed by atoms with E-state index in [1.54, 1.807) is 31.6 Å². The van der Waals surface area contributed by atoms with Crippen LogP contribution in [0.3, 0.4) is 0 Å². The fourth-order valence-corrected chi connectivity index (χ4v) is 2.83. The van der Waals surface area contributed by atoms with E-state index in [-0.39, 0.29) is 5.91 Å². The lowest BCUT2D eigenvalue weighted by atomic mass is 10.2. The zero-order valence-electron chi connectivity index (χ0n) is 11.7. The first-order valence-electron chi connectivity index (χ1n) is 6.86. The number of nitrogens with zero attached hydrogens (tertiary/aromatic N) is 1. The highest BCUT2D eigenvalue weighted by atomic mass is 79.9. The largest absolute Gasteiger partial charge is 0.496 e. The van der Waals surface area contributed by atoms with Gasteiger partial charge in [-0.2, -0.15) is 0 Å². The van der Waals surface area contributed by atoms with Crippen LogP contribution in [-0.2, 0) is 6.54 Å². The molecule has 0 atom stereocenters. The van der Waals surface area contributed by atoms with Crippen molar-refractivity contribution in [2.75, 3.05) is 7.11 Å². The van der Waals surface area contributed by atoms with E-state index < -0.39 is 0 Å². The highest BCUT2D eigenvalue weighted by Crippen LogP contribution is 2.31. The summed E-state index contributed by atoms with van der Waals surface area (Å²) in [6.07, 6.45) is 3.75. The molecule has 3 rings (SSSR count). The minimum absolute atomic E-state index is 0.0252. The summed E-state index contributed by atoms with van der Waals surface area (Å²) in [5.41, 5.74) is 0.654. The maximum atomic E-state index is 12.7. The minimum atomic E-state index is 0.0252. The lowest BCUT2D eigenvalue weighted by molar-refractivity contribution is 0.0717. The Kier molecular flexibility index (Phi) is 4.01. The standard InChI is InChI=1S/C16H16BrNO3/c1-20-15-7-4-11(9-14(15)17)16(19)18(12-5-6-12)10-13-3-2-8-21-13/h2-4,7-9,12H,5-6,10H2,1H3. The second-order valence-electron chi connectivity index (χ2n) is 5.09. The molecule has 0 aliphatic heterocycles. The van der Waals surface area contributed by atoms with Crippen LogP contribution >= 0.6 is 15.9 Å². The molecule has 4 nitrogen and oxygen atoms in total. The molecule has 21 heavy (non-hydrogen) atoms. The van der Waals surface area contributed by atoms with Gasteiger partial charge in [0.25, 0.3) is 5.91 Å². The zero-order valence-corrected chi connectivity index (χ0v) is 13.3. The van der Waals surface area contributed by atoms with Gasteiger partial charge in [0.2, 0.25) is 0 Å². The van der Waals surface area contributed by atoms with Crippen molar-refractivity contribution in [3.05, 3.63) is 52.4 Å². The first-order valence-corrected chi connectivity index (χ1v) is 7.65. The van der Waals surface area contributed by atoms with Crippen molar-refractivity contribution in [1.29, 1.82) is 0 Å². The summed E-state index contributed by atoms with van der Waals surface area (Å²) in [6, 6.07) is 9.46. The SMILES string of the molecule is COc1ccc(C(=O)N(Cc2ccco2)C2CC2)cc1Br. The third kappa shape index (κ3) is 3.13. The Bertz CT molecular complexity index is 635. The van der Waals surface area contributed by atoms with Crippen molar-refractivity contribution in [2.24, 2.45) is 0 Å². The number of benzene rings is 1. The minimum Gasteiger partial charge on any atom is -0.496 e. The van der Waals surface area contributed by atoms with Crippen LogP contribution in [0.1, 0.15) is 29.0 Å². The molecule has 5 heteroatoms. The number of amides is 1. The van der Waals surface area contributed by atoms with Gasteiger partial charge >= 0.3 is 0 Å². The molecular weight excluding hydrogens is 334 g/mol. The molecule has 1 aliphatic carbocycles. The average Bonchev–Trinajstić information content (AvgIpc) is 3.20. The molecule has 1 aliphatic rings. The maximum Gasteiger partial charge on any atom is 0.254 e. The third-order valence-corrected chi connectivity index (χ3v) is 4.17. The Hall–Kier alpha value is -1.75. The molecule has 1 aromatic heterocycles. The van der Waals surface area contributed by atoms with Crippen LogP contribution in [0.5, 0.6) is 5.75 Å². The van der Waals surface area contributed by atoms with E-state index in [1.807, 2.05) is 17.0 Å². The van der Waals surface area contributed by atoms with Crippen molar-refractivity contribution < 1.29 is 13.9 Å². The van der Waals surface area contributed by atoms with Crippen LogP contribution in [0.15, 0.2) is 45.5 Å². The molecule has 1 saturated carbocycles. The molecule has 1 heterocycles. The van der Waals surface area contributed by atoms with Gasteiger partial charge in [-0.1, -0.05) is 0 Å². The summed E-state index contributed by atoms with van der Waals surface area (Å²) in [5, 5.41) is 0. The molecule has 1 amide bonds. The molecule has 1 fully saturated rings. The second-order valence-corrected chi connectivity index (χ2v) is 5.95. The number of carbonyl (C=O) groups excluding carboxylic acids is 1. The van der Waals surface area contributed by atoms with E-state index in [9.17, 15) is 4.79 Å². The van der Waals surface area contributed by atoms with Gasteiger partial charge in [-0.25, -0.2) is 0 Å². The molecule has 0 saturated heterocycles. The van der Waals surface area contributed by atoms with Gasteiger partial charge in [-0.05, 0) is 59.1 Å². The molecular formula is C16H16BrNO3. The molecule has 0 N–H and O–H groups in total. The number of methoxy groups -OCH3 is 1. The van der Waals surface area contributed by atoms with E-state index in [1.165, 1.54) is 0 Å². The Labute approximate surface area is 131 Å². The van der Waals surface area contributed by atoms with Crippen LogP contribution in [-0.4, -0.2) is 24.0 Å². The molecule has 0 radical (unpaired) electrons. The first-order chi connectivity index (χ1) is 10.2. The Morgan fingerprint density at radius 3 is 2.81 bits per heavy atom. The van der Waals surface area contributed by atoms with Gasteiger partial charge in [0, 0.05) is 11.6 Å². The highest BCUT2D eigenvalue weighted by molar-refractivity contribution is 9.10. The molecule has 1 aromatic carbocycles. The van der Waals surface area contributed by atoms with Gasteiger partial charge in [0.15, 0.2) is 0 Å². The Balaban J connectivity index is 1.82. The lowest BCUT2D eigenvalue weighted by Gasteiger charge is -2.21. The Morgan fingerprint density at radius 1 is 1.43 bits per heavy atom. The molecule has 0 bridgehead atoms. The van der Waals surface area contributed by atoms with Crippen molar-refractivity contribution in [3.8, 4) is 5.75 Å². The molecule has 0 unspecified atom stereocenters. The first kappa shape index (κ1) is 14.2. The van der Waals surface area contributed by atoms with Crippen molar-refractivity contribution in [3.63, 3.8) is 0 Å². The number of rotatable bonds is 5. The van der Waals surface area contributed by atoms with Gasteiger partial charge in [0.05, 0.1) is 24.4 Å². The molecule has 110 valence electrons. The van der Waals surface area contributed by atoms with E-state index in [0.717, 1.165) is 28.8 Å². The summed E-state index contributed by atoms with van der Waals surface area (Å²) in [5.74, 6) is 1.55. The van der Waals surface area contributed by atoms with E-state index in [0.29, 0.717) is 18.2 Å². The molecule has 2 aromatic rings. The van der Waals surface area contributed by atoms with Crippen LogP contribution in [0.25, 0.3) is 0 Å². The highest BCUT2D eigenvalue weighted by Gasteiger charge is 2.33. The van der Waals surface area contributed by atoms with E-state index >= 15 is 0 Å². The Morgan fingerprint density at radius 2 is 2.24 bits per heavy atom. The fourth-order valence-electron chi connectivity index (χ4n) is 2.29. The van der Waals surface area contributed by atoms with Crippen LogP contribution < -0.4 is 4.74 Å². The predicted octanol–water partition coefficient (Wildman–Crippen LogP) is 3.86. The summed E-state index contributed by atoms with van der Waals surface area (Å²) in [4.78, 5) is 14.6. The third-order valence-electron chi connectivity index (χ3n) is 3.55. The number of hydrogen-bond donors (Lipinski definition) is 0. The lowest BCUT2D eigenvalue weighted by Crippen LogP contribution is -2.32. The number of halogens is 1. The summed E-state index contributed by atoms with van der Waals surface area (Å²) in [7, 11) is 1.61. The number of carbonyl (C=O) groups is 1. The fraction of sp³-hybridized carbons (Fsp3) is 0.312. The van der Waals surface area contributed by atoms with Gasteiger partial charge in [0.1, 0.15) is 11.5 Å². The summed E-state index contributed by atoms with van der Waals surface area (Å²) < 4.78 is 11.3. The number of ether oxygens (including phenoxy) is 1. The van der Waals surface area contributed by atoms with Crippen molar-refractivity contribution in [2.45, 2.75) is 25.4 Å². The number of hydrogen-bond acceptors (Lipinski definition) is 3. The predicted molar refractivity (Wildman–Crippen MR) is 82.3 cm³/mol. The summed E-state index contributed by atoms with van der Waals surface area (Å²) in [6.45, 7) is 0.514. The van der Waals surface area contributed by atoms with Gasteiger partial charge in [-0.3, -0.25) is 4.79 Å². The summed E-state index contributed by atoms with van der Waals surface area (Å²) >= 11 is 3.42. The van der Waals surface area contributed by atoms with Crippen LogP contribution in [0.2, 0.25) is 0 Å². The van der Waals surface area contributed by atoms with Crippen molar-refractivity contribution >= 4 is 21.8 Å². The van der Waals surface area contributed by atoms with E-state index in [4.69, 9.17) is 9.15 Å². The molecule has 0 spiro atoms. The zero-order chi connectivity index (χ0) is 14.8. The second kappa shape index (κ2) is 5.93. The van der Waals surface area contributed by atoms with Crippen molar-refractivity contribution in [1.82, 2.24) is 4.90 Å². The average molecular weight is 350 g/mol. The normalized spacial score (nSPS) is 14.0. The monoisotopic (exact) mass is 349 g/mol. The van der Waals surface area contributed by atoms with Crippen LogP contribution in [0, 0.1) is 0 Å². The van der Waals surface area contributed by atoms with Crippen LogP contribution in [0.4, 0.5) is 0 Å². The van der Waals surface area contributed by atoms with E-state index in [2.05, 4.69) is 15.9 Å². The van der Waals surface area contributed by atoms with Gasteiger partial charge in [-0.15, -0.1) is 0 Å². The topological polar surface area (TPSA) is 42.7 Å². The smallest absolute Gasteiger partial charge is 0.254 e. The quantitative estimate of drug-likeness (QED) is 0.823. The number of furan rings is 1. The van der Waals surface area contributed by atoms with Gasteiger partial charge < -0.3 is 14.1 Å².